The van der Waals surface area contributed by atoms with Gasteiger partial charge in [-0.15, -0.1) is 0 Å². The molecule has 1 fully saturated rings. The number of nitrogens with zero attached hydrogens (tertiary/aromatic N) is 2. The molecule has 4 nitrogen and oxygen atoms in total. The van der Waals surface area contributed by atoms with Gasteiger partial charge in [0.05, 0.1) is 0 Å². The molecule has 0 unspecified atom stereocenters. The largest absolute Gasteiger partial charge is 0.343 e. The topological polar surface area (TPSA) is 40.6 Å². The quantitative estimate of drug-likeness (QED) is 0.858. The van der Waals surface area contributed by atoms with E-state index in [0.717, 1.165) is 37.1 Å². The van der Waals surface area contributed by atoms with Gasteiger partial charge in [0, 0.05) is 37.7 Å². The van der Waals surface area contributed by atoms with E-state index in [1.165, 1.54) is 0 Å². The van der Waals surface area contributed by atoms with E-state index in [1.807, 2.05) is 54.8 Å². The second-order valence-electron chi connectivity index (χ2n) is 5.95. The molecule has 0 N–H and O–H groups in total. The van der Waals surface area contributed by atoms with Gasteiger partial charge >= 0.3 is 0 Å². The van der Waals surface area contributed by atoms with Crippen LogP contribution in [0.3, 0.4) is 0 Å². The molecule has 0 saturated carbocycles. The van der Waals surface area contributed by atoms with Crippen LogP contribution in [-0.2, 0) is 4.79 Å². The summed E-state index contributed by atoms with van der Waals surface area (Å²) >= 11 is 0. The Kier molecular flexibility index (Phi) is 5.58. The van der Waals surface area contributed by atoms with Crippen LogP contribution >= 0.6 is 0 Å². The lowest BCUT2D eigenvalue weighted by molar-refractivity contribution is -0.136. The molecule has 1 aromatic carbocycles. The van der Waals surface area contributed by atoms with Crippen molar-refractivity contribution >= 4 is 11.8 Å². The highest BCUT2D eigenvalue weighted by molar-refractivity contribution is 5.94. The summed E-state index contributed by atoms with van der Waals surface area (Å²) in [5, 5.41) is 0. The summed E-state index contributed by atoms with van der Waals surface area (Å²) < 4.78 is 0. The number of amides is 2. The molecular formula is C18H26N2O2. The minimum Gasteiger partial charge on any atom is -0.343 e. The van der Waals surface area contributed by atoms with Crippen molar-refractivity contribution in [2.75, 3.05) is 26.2 Å². The van der Waals surface area contributed by atoms with Crippen LogP contribution in [0.2, 0.25) is 0 Å². The third-order valence-corrected chi connectivity index (χ3v) is 4.47. The van der Waals surface area contributed by atoms with Gasteiger partial charge in [0.25, 0.3) is 5.91 Å². The van der Waals surface area contributed by atoms with Crippen molar-refractivity contribution < 1.29 is 9.59 Å². The average molecular weight is 302 g/mol. The van der Waals surface area contributed by atoms with E-state index < -0.39 is 0 Å². The zero-order chi connectivity index (χ0) is 16.1. The molecule has 1 heterocycles. The summed E-state index contributed by atoms with van der Waals surface area (Å²) in [5.41, 5.74) is 1.84. The lowest BCUT2D eigenvalue weighted by Crippen LogP contribution is -2.44. The summed E-state index contributed by atoms with van der Waals surface area (Å²) in [6.07, 6.45) is 1.54. The van der Waals surface area contributed by atoms with Gasteiger partial charge in [0.2, 0.25) is 5.91 Å². The summed E-state index contributed by atoms with van der Waals surface area (Å²) in [7, 11) is 0. The van der Waals surface area contributed by atoms with Crippen molar-refractivity contribution in [3.05, 3.63) is 35.4 Å². The van der Waals surface area contributed by atoms with Crippen LogP contribution in [0.4, 0.5) is 0 Å². The van der Waals surface area contributed by atoms with E-state index >= 15 is 0 Å². The van der Waals surface area contributed by atoms with Crippen molar-refractivity contribution in [3.63, 3.8) is 0 Å². The number of piperidine rings is 1. The fourth-order valence-corrected chi connectivity index (χ4v) is 3.08. The van der Waals surface area contributed by atoms with E-state index in [9.17, 15) is 9.59 Å². The molecule has 120 valence electrons. The van der Waals surface area contributed by atoms with Gasteiger partial charge in [0.1, 0.15) is 0 Å². The Morgan fingerprint density at radius 3 is 2.36 bits per heavy atom. The van der Waals surface area contributed by atoms with Crippen LogP contribution in [0, 0.1) is 12.8 Å². The summed E-state index contributed by atoms with van der Waals surface area (Å²) in [6, 6.07) is 7.70. The van der Waals surface area contributed by atoms with Gasteiger partial charge in [-0.2, -0.15) is 0 Å². The zero-order valence-corrected chi connectivity index (χ0v) is 13.8. The average Bonchev–Trinajstić information content (AvgIpc) is 2.55. The highest BCUT2D eigenvalue weighted by Crippen LogP contribution is 2.21. The van der Waals surface area contributed by atoms with Gasteiger partial charge in [-0.25, -0.2) is 0 Å². The van der Waals surface area contributed by atoms with Gasteiger partial charge in [-0.1, -0.05) is 17.7 Å². The number of carbonyl (C=O) groups excluding carboxylic acids is 2. The molecule has 1 aromatic rings. The highest BCUT2D eigenvalue weighted by atomic mass is 16.2. The van der Waals surface area contributed by atoms with E-state index in [-0.39, 0.29) is 17.7 Å². The van der Waals surface area contributed by atoms with E-state index in [0.29, 0.717) is 13.1 Å². The minimum absolute atomic E-state index is 0.0708. The van der Waals surface area contributed by atoms with Crippen molar-refractivity contribution in [2.45, 2.75) is 33.6 Å². The fourth-order valence-electron chi connectivity index (χ4n) is 3.08. The van der Waals surface area contributed by atoms with Crippen LogP contribution < -0.4 is 0 Å². The predicted molar refractivity (Wildman–Crippen MR) is 87.7 cm³/mol. The standard InChI is InChI=1S/C18H26N2O2/c1-4-19(5-2)17(21)15-9-11-20(12-10-15)18(22)16-8-6-7-14(3)13-16/h6-8,13,15H,4-5,9-12H2,1-3H3. The van der Waals surface area contributed by atoms with Gasteiger partial charge in [-0.3, -0.25) is 9.59 Å². The SMILES string of the molecule is CCN(CC)C(=O)C1CCN(C(=O)c2cccc(C)c2)CC1. The smallest absolute Gasteiger partial charge is 0.253 e. The Morgan fingerprint density at radius 1 is 1.18 bits per heavy atom. The highest BCUT2D eigenvalue weighted by Gasteiger charge is 2.29. The number of carbonyl (C=O) groups is 2. The van der Waals surface area contributed by atoms with Crippen LogP contribution in [0.15, 0.2) is 24.3 Å². The molecule has 1 aliphatic heterocycles. The Bertz CT molecular complexity index is 530. The Morgan fingerprint density at radius 2 is 1.82 bits per heavy atom. The first-order valence-electron chi connectivity index (χ1n) is 8.21. The number of benzene rings is 1. The fraction of sp³-hybridized carbons (Fsp3) is 0.556. The summed E-state index contributed by atoms with van der Waals surface area (Å²) in [4.78, 5) is 28.6. The normalized spacial score (nSPS) is 15.7. The number of rotatable bonds is 4. The van der Waals surface area contributed by atoms with E-state index in [2.05, 4.69) is 0 Å². The first kappa shape index (κ1) is 16.5. The molecule has 0 spiro atoms. The monoisotopic (exact) mass is 302 g/mol. The molecule has 0 bridgehead atoms. The third-order valence-electron chi connectivity index (χ3n) is 4.47. The van der Waals surface area contributed by atoms with Crippen molar-refractivity contribution in [1.29, 1.82) is 0 Å². The first-order valence-corrected chi connectivity index (χ1v) is 8.21. The van der Waals surface area contributed by atoms with Crippen molar-refractivity contribution in [3.8, 4) is 0 Å². The number of hydrogen-bond acceptors (Lipinski definition) is 2. The van der Waals surface area contributed by atoms with Crippen molar-refractivity contribution in [1.82, 2.24) is 9.80 Å². The number of aryl methyl sites for hydroxylation is 1. The second kappa shape index (κ2) is 7.43. The maximum absolute atomic E-state index is 12.5. The molecule has 1 aliphatic rings. The lowest BCUT2D eigenvalue weighted by atomic mass is 9.94. The Balaban J connectivity index is 1.94. The lowest BCUT2D eigenvalue weighted by Gasteiger charge is -2.33. The van der Waals surface area contributed by atoms with Crippen LogP contribution in [-0.4, -0.2) is 47.8 Å². The van der Waals surface area contributed by atoms with Crippen LogP contribution in [0.5, 0.6) is 0 Å². The van der Waals surface area contributed by atoms with Crippen LogP contribution in [0.25, 0.3) is 0 Å². The maximum atomic E-state index is 12.5. The summed E-state index contributed by atoms with van der Waals surface area (Å²) in [6.45, 7) is 8.88. The first-order chi connectivity index (χ1) is 10.6. The Hall–Kier alpha value is -1.84. The number of hydrogen-bond donors (Lipinski definition) is 0. The molecule has 0 aromatic heterocycles. The molecule has 2 amide bonds. The van der Waals surface area contributed by atoms with E-state index in [4.69, 9.17) is 0 Å². The van der Waals surface area contributed by atoms with Gasteiger partial charge in [0.15, 0.2) is 0 Å². The maximum Gasteiger partial charge on any atom is 0.253 e. The third kappa shape index (κ3) is 3.67. The summed E-state index contributed by atoms with van der Waals surface area (Å²) in [5.74, 6) is 0.395. The molecule has 0 radical (unpaired) electrons. The predicted octanol–water partition coefficient (Wildman–Crippen LogP) is 2.72. The van der Waals surface area contributed by atoms with Crippen LogP contribution in [0.1, 0.15) is 42.6 Å². The molecule has 0 atom stereocenters. The second-order valence-corrected chi connectivity index (χ2v) is 5.95. The minimum atomic E-state index is 0.0708. The van der Waals surface area contributed by atoms with E-state index in [1.54, 1.807) is 0 Å². The molecule has 2 rings (SSSR count). The Labute approximate surface area is 133 Å². The van der Waals surface area contributed by atoms with Gasteiger partial charge < -0.3 is 9.80 Å². The number of likely N-dealkylation sites (tertiary alicyclic amines) is 1. The van der Waals surface area contributed by atoms with Gasteiger partial charge in [-0.05, 0) is 45.7 Å². The van der Waals surface area contributed by atoms with Crippen molar-refractivity contribution in [2.24, 2.45) is 5.92 Å². The zero-order valence-electron chi connectivity index (χ0n) is 13.8. The molecular weight excluding hydrogens is 276 g/mol. The molecule has 1 saturated heterocycles. The molecule has 0 aliphatic carbocycles. The molecule has 22 heavy (non-hydrogen) atoms. The molecule has 4 heteroatoms.